The highest BCUT2D eigenvalue weighted by atomic mass is 32.2. The lowest BCUT2D eigenvalue weighted by Gasteiger charge is -2.11. The van der Waals surface area contributed by atoms with Gasteiger partial charge in [0.05, 0.1) is 4.90 Å². The van der Waals surface area contributed by atoms with Crippen LogP contribution in [-0.4, -0.2) is 26.9 Å². The molecule has 0 aliphatic heterocycles. The summed E-state index contributed by atoms with van der Waals surface area (Å²) < 4.78 is 26.2. The summed E-state index contributed by atoms with van der Waals surface area (Å²) >= 11 is 0. The van der Waals surface area contributed by atoms with Gasteiger partial charge in [0.2, 0.25) is 15.9 Å². The van der Waals surface area contributed by atoms with Gasteiger partial charge in [0.15, 0.2) is 0 Å². The first-order chi connectivity index (χ1) is 9.35. The lowest BCUT2D eigenvalue weighted by atomic mass is 10.2. The molecule has 6 nitrogen and oxygen atoms in total. The monoisotopic (exact) mass is 299 g/mol. The molecule has 0 fully saturated rings. The van der Waals surface area contributed by atoms with Crippen molar-refractivity contribution in [2.24, 2.45) is 0 Å². The molecule has 7 heteroatoms. The van der Waals surface area contributed by atoms with Crippen LogP contribution in [-0.2, 0) is 14.8 Å². The van der Waals surface area contributed by atoms with Crippen molar-refractivity contribution in [2.75, 3.05) is 12.3 Å². The number of hydrogen-bond donors (Lipinski definition) is 3. The molecule has 112 valence electrons. The summed E-state index contributed by atoms with van der Waals surface area (Å²) in [4.78, 5) is 11.7. The number of carbonyl (C=O) groups is 1. The highest BCUT2D eigenvalue weighted by molar-refractivity contribution is 7.89. The zero-order chi connectivity index (χ0) is 15.2. The van der Waals surface area contributed by atoms with Crippen LogP contribution >= 0.6 is 0 Å². The number of nitrogen functional groups attached to an aromatic ring is 1. The second-order valence-electron chi connectivity index (χ2n) is 4.59. The van der Waals surface area contributed by atoms with E-state index in [1.165, 1.54) is 24.3 Å². The normalized spacial score (nSPS) is 12.9. The minimum atomic E-state index is -3.59. The van der Waals surface area contributed by atoms with Gasteiger partial charge in [-0.25, -0.2) is 13.1 Å². The Labute approximate surface area is 119 Å². The van der Waals surface area contributed by atoms with E-state index >= 15 is 0 Å². The first-order valence-corrected chi connectivity index (χ1v) is 7.98. The molecule has 1 rings (SSSR count). The second-order valence-corrected chi connectivity index (χ2v) is 6.36. The molecule has 1 amide bonds. The third-order valence-electron chi connectivity index (χ3n) is 2.85. The van der Waals surface area contributed by atoms with Crippen molar-refractivity contribution in [3.8, 4) is 0 Å². The highest BCUT2D eigenvalue weighted by Crippen LogP contribution is 2.11. The highest BCUT2D eigenvalue weighted by Gasteiger charge is 2.14. The first-order valence-electron chi connectivity index (χ1n) is 6.49. The minimum absolute atomic E-state index is 0.0645. The van der Waals surface area contributed by atoms with Crippen molar-refractivity contribution in [1.82, 2.24) is 10.0 Å². The molecule has 0 aliphatic carbocycles. The SMILES string of the molecule is CCC(C)NC(=O)CCNS(=O)(=O)c1ccc(N)cc1. The van der Waals surface area contributed by atoms with Crippen molar-refractivity contribution in [1.29, 1.82) is 0 Å². The summed E-state index contributed by atoms with van der Waals surface area (Å²) in [5, 5.41) is 2.77. The maximum absolute atomic E-state index is 11.9. The molecule has 0 aromatic heterocycles. The Kier molecular flexibility index (Phi) is 5.97. The van der Waals surface area contributed by atoms with E-state index in [0.717, 1.165) is 6.42 Å². The van der Waals surface area contributed by atoms with Crippen molar-refractivity contribution < 1.29 is 13.2 Å². The van der Waals surface area contributed by atoms with Crippen molar-refractivity contribution >= 4 is 21.6 Å². The molecule has 1 atom stereocenters. The Morgan fingerprint density at radius 1 is 1.30 bits per heavy atom. The number of benzene rings is 1. The van der Waals surface area contributed by atoms with Crippen LogP contribution in [0, 0.1) is 0 Å². The van der Waals surface area contributed by atoms with Gasteiger partial charge in [0.1, 0.15) is 0 Å². The Bertz CT molecular complexity index is 540. The van der Waals surface area contributed by atoms with Gasteiger partial charge in [0, 0.05) is 24.7 Å². The molecule has 0 saturated carbocycles. The maximum atomic E-state index is 11.9. The van der Waals surface area contributed by atoms with Gasteiger partial charge >= 0.3 is 0 Å². The van der Waals surface area contributed by atoms with Gasteiger partial charge in [0.25, 0.3) is 0 Å². The van der Waals surface area contributed by atoms with Gasteiger partial charge in [-0.15, -0.1) is 0 Å². The zero-order valence-corrected chi connectivity index (χ0v) is 12.5. The fraction of sp³-hybridized carbons (Fsp3) is 0.462. The number of amides is 1. The number of nitrogens with two attached hydrogens (primary N) is 1. The molecule has 1 unspecified atom stereocenters. The first kappa shape index (κ1) is 16.5. The Morgan fingerprint density at radius 2 is 1.90 bits per heavy atom. The van der Waals surface area contributed by atoms with E-state index in [1.807, 2.05) is 13.8 Å². The van der Waals surface area contributed by atoms with Crippen LogP contribution in [0.5, 0.6) is 0 Å². The third-order valence-corrected chi connectivity index (χ3v) is 4.33. The van der Waals surface area contributed by atoms with E-state index in [4.69, 9.17) is 5.73 Å². The zero-order valence-electron chi connectivity index (χ0n) is 11.7. The van der Waals surface area contributed by atoms with E-state index in [0.29, 0.717) is 5.69 Å². The quantitative estimate of drug-likeness (QED) is 0.650. The van der Waals surface area contributed by atoms with E-state index in [-0.39, 0.29) is 29.8 Å². The van der Waals surface area contributed by atoms with Crippen molar-refractivity contribution in [3.05, 3.63) is 24.3 Å². The average molecular weight is 299 g/mol. The average Bonchev–Trinajstić information content (AvgIpc) is 2.38. The van der Waals surface area contributed by atoms with Gasteiger partial charge in [-0.2, -0.15) is 0 Å². The summed E-state index contributed by atoms with van der Waals surface area (Å²) in [5.41, 5.74) is 6.00. The number of carbonyl (C=O) groups excluding carboxylic acids is 1. The number of nitrogens with one attached hydrogen (secondary N) is 2. The largest absolute Gasteiger partial charge is 0.399 e. The number of hydrogen-bond acceptors (Lipinski definition) is 4. The minimum Gasteiger partial charge on any atom is -0.399 e. The van der Waals surface area contributed by atoms with Crippen molar-refractivity contribution in [2.45, 2.75) is 37.6 Å². The Morgan fingerprint density at radius 3 is 2.45 bits per heavy atom. The molecular formula is C13H21N3O3S. The maximum Gasteiger partial charge on any atom is 0.240 e. The Hall–Kier alpha value is -1.60. The fourth-order valence-corrected chi connectivity index (χ4v) is 2.51. The molecule has 0 saturated heterocycles. The topological polar surface area (TPSA) is 101 Å². The standard InChI is InChI=1S/C13H21N3O3S/c1-3-10(2)16-13(17)8-9-15-20(18,19)12-6-4-11(14)5-7-12/h4-7,10,15H,3,8-9,14H2,1-2H3,(H,16,17). The van der Waals surface area contributed by atoms with E-state index in [1.54, 1.807) is 0 Å². The molecule has 20 heavy (non-hydrogen) atoms. The van der Waals surface area contributed by atoms with Crippen LogP contribution in [0.3, 0.4) is 0 Å². The molecule has 0 spiro atoms. The number of sulfonamides is 1. The predicted molar refractivity (Wildman–Crippen MR) is 78.6 cm³/mol. The summed E-state index contributed by atoms with van der Waals surface area (Å²) in [6.07, 6.45) is 0.946. The van der Waals surface area contributed by atoms with Crippen LogP contribution in [0.15, 0.2) is 29.2 Å². The van der Waals surface area contributed by atoms with Gasteiger partial charge in [-0.05, 0) is 37.6 Å². The van der Waals surface area contributed by atoms with E-state index in [9.17, 15) is 13.2 Å². The van der Waals surface area contributed by atoms with Crippen LogP contribution in [0.4, 0.5) is 5.69 Å². The lowest BCUT2D eigenvalue weighted by Crippen LogP contribution is -2.35. The number of anilines is 1. The predicted octanol–water partition coefficient (Wildman–Crippen LogP) is 0.852. The van der Waals surface area contributed by atoms with Crippen LogP contribution < -0.4 is 15.8 Å². The van der Waals surface area contributed by atoms with Crippen molar-refractivity contribution in [3.63, 3.8) is 0 Å². The third kappa shape index (κ3) is 5.18. The number of rotatable bonds is 7. The van der Waals surface area contributed by atoms with E-state index in [2.05, 4.69) is 10.0 Å². The molecule has 0 radical (unpaired) electrons. The molecule has 0 bridgehead atoms. The van der Waals surface area contributed by atoms with Gasteiger partial charge < -0.3 is 11.1 Å². The summed E-state index contributed by atoms with van der Waals surface area (Å²) in [7, 11) is -3.59. The van der Waals surface area contributed by atoms with Crippen LogP contribution in [0.25, 0.3) is 0 Å². The second kappa shape index (κ2) is 7.25. The van der Waals surface area contributed by atoms with Gasteiger partial charge in [-0.1, -0.05) is 6.92 Å². The fourth-order valence-electron chi connectivity index (χ4n) is 1.48. The summed E-state index contributed by atoms with van der Waals surface area (Å²) in [5.74, 6) is -0.167. The molecule has 1 aromatic rings. The molecule has 1 aromatic carbocycles. The van der Waals surface area contributed by atoms with E-state index < -0.39 is 10.0 Å². The molecule has 0 heterocycles. The molecular weight excluding hydrogens is 278 g/mol. The summed E-state index contributed by atoms with van der Waals surface area (Å²) in [6, 6.07) is 5.98. The lowest BCUT2D eigenvalue weighted by molar-refractivity contribution is -0.121. The Balaban J connectivity index is 2.48. The van der Waals surface area contributed by atoms with Crippen LogP contribution in [0.1, 0.15) is 26.7 Å². The summed E-state index contributed by atoms with van der Waals surface area (Å²) in [6.45, 7) is 3.93. The van der Waals surface area contributed by atoms with Gasteiger partial charge in [-0.3, -0.25) is 4.79 Å². The molecule has 0 aliphatic rings. The smallest absolute Gasteiger partial charge is 0.240 e. The van der Waals surface area contributed by atoms with Crippen LogP contribution in [0.2, 0.25) is 0 Å². The molecule has 4 N–H and O–H groups in total.